The number of hydrogen-bond donors (Lipinski definition) is 1. The van der Waals surface area contributed by atoms with Gasteiger partial charge in [-0.3, -0.25) is 9.59 Å². The molecule has 0 radical (unpaired) electrons. The fourth-order valence-electron chi connectivity index (χ4n) is 3.29. The molecule has 2 atom stereocenters. The van der Waals surface area contributed by atoms with E-state index in [9.17, 15) is 9.59 Å². The van der Waals surface area contributed by atoms with Gasteiger partial charge in [-0.05, 0) is 48.1 Å². The second kappa shape index (κ2) is 8.44. The van der Waals surface area contributed by atoms with Gasteiger partial charge in [0.1, 0.15) is 0 Å². The summed E-state index contributed by atoms with van der Waals surface area (Å²) in [6.45, 7) is 2.13. The van der Waals surface area contributed by atoms with E-state index >= 15 is 0 Å². The Kier molecular flexibility index (Phi) is 6.58. The average Bonchev–Trinajstić information content (AvgIpc) is 2.78. The van der Waals surface area contributed by atoms with Crippen LogP contribution in [0.15, 0.2) is 34.3 Å². The molecule has 1 aliphatic rings. The molecule has 1 aromatic rings. The zero-order valence-electron chi connectivity index (χ0n) is 13.4. The second-order valence-corrected chi connectivity index (χ2v) is 7.17. The van der Waals surface area contributed by atoms with E-state index in [0.29, 0.717) is 6.42 Å². The molecule has 0 heterocycles. The van der Waals surface area contributed by atoms with Crippen molar-refractivity contribution in [1.82, 2.24) is 0 Å². The first-order valence-corrected chi connectivity index (χ1v) is 9.02. The number of halogens is 1. The van der Waals surface area contributed by atoms with Gasteiger partial charge in [0.25, 0.3) is 0 Å². The van der Waals surface area contributed by atoms with Crippen LogP contribution in [-0.2, 0) is 9.59 Å². The van der Waals surface area contributed by atoms with Crippen LogP contribution >= 0.6 is 15.9 Å². The summed E-state index contributed by atoms with van der Waals surface area (Å²) in [6, 6.07) is 7.81. The van der Waals surface area contributed by atoms with Crippen LogP contribution in [0.4, 0.5) is 0 Å². The third-order valence-electron chi connectivity index (χ3n) is 4.47. The summed E-state index contributed by atoms with van der Waals surface area (Å²) in [5, 5.41) is 9.12. The summed E-state index contributed by atoms with van der Waals surface area (Å²) in [4.78, 5) is 23.8. The Morgan fingerprint density at radius 1 is 1.30 bits per heavy atom. The number of allylic oxidation sites excluding steroid dienone is 1. The van der Waals surface area contributed by atoms with Crippen molar-refractivity contribution < 1.29 is 14.7 Å². The monoisotopic (exact) mass is 378 g/mol. The van der Waals surface area contributed by atoms with Gasteiger partial charge < -0.3 is 5.11 Å². The van der Waals surface area contributed by atoms with Crippen LogP contribution in [0.5, 0.6) is 0 Å². The first-order chi connectivity index (χ1) is 11.0. The molecule has 1 saturated carbocycles. The molecule has 0 spiro atoms. The van der Waals surface area contributed by atoms with Gasteiger partial charge in [0.2, 0.25) is 0 Å². The lowest BCUT2D eigenvalue weighted by atomic mass is 9.88. The highest BCUT2D eigenvalue weighted by Crippen LogP contribution is 2.39. The van der Waals surface area contributed by atoms with E-state index in [4.69, 9.17) is 5.11 Å². The minimum Gasteiger partial charge on any atom is -0.481 e. The number of unbranched alkanes of at least 4 members (excludes halogenated alkanes) is 2. The smallest absolute Gasteiger partial charge is 0.303 e. The van der Waals surface area contributed by atoms with E-state index in [1.54, 1.807) is 0 Å². The molecule has 0 bridgehead atoms. The second-order valence-electron chi connectivity index (χ2n) is 6.25. The van der Waals surface area contributed by atoms with Crippen molar-refractivity contribution in [1.29, 1.82) is 0 Å². The van der Waals surface area contributed by atoms with Gasteiger partial charge in [-0.15, -0.1) is 0 Å². The molecule has 0 aromatic heterocycles. The molecule has 3 nitrogen and oxygen atoms in total. The summed E-state index contributed by atoms with van der Waals surface area (Å²) in [5.41, 5.74) is 1.76. The predicted octanol–water partition coefficient (Wildman–Crippen LogP) is 5.09. The van der Waals surface area contributed by atoms with Gasteiger partial charge >= 0.3 is 5.97 Å². The number of hydrogen-bond acceptors (Lipinski definition) is 2. The molecule has 0 saturated heterocycles. The van der Waals surface area contributed by atoms with Crippen LogP contribution in [0.1, 0.15) is 51.0 Å². The van der Waals surface area contributed by atoms with Gasteiger partial charge in [0.15, 0.2) is 5.78 Å². The number of rotatable bonds is 7. The van der Waals surface area contributed by atoms with Crippen LogP contribution in [0.25, 0.3) is 6.08 Å². The third kappa shape index (κ3) is 5.03. The van der Waals surface area contributed by atoms with Gasteiger partial charge in [-0.1, -0.05) is 54.2 Å². The summed E-state index contributed by atoms with van der Waals surface area (Å²) < 4.78 is 0.999. The summed E-state index contributed by atoms with van der Waals surface area (Å²) in [6.07, 6.45) is 6.58. The van der Waals surface area contributed by atoms with Crippen molar-refractivity contribution >= 4 is 33.8 Å². The molecule has 1 aromatic carbocycles. The fourth-order valence-corrected chi connectivity index (χ4v) is 3.55. The van der Waals surface area contributed by atoms with Gasteiger partial charge in [0.05, 0.1) is 0 Å². The standard InChI is InChI=1S/C19H23BrO3/c1-2-3-4-5-17-14(12-18(21)22)11-15(19(17)23)10-13-6-8-16(20)9-7-13/h6-10,14,17H,2-5,11-12H2,1H3,(H,21,22)/b15-10+/t14-,17+/m0/s1. The topological polar surface area (TPSA) is 54.4 Å². The van der Waals surface area contributed by atoms with Crippen molar-refractivity contribution in [2.75, 3.05) is 0 Å². The van der Waals surface area contributed by atoms with Crippen molar-refractivity contribution in [3.63, 3.8) is 0 Å². The Morgan fingerprint density at radius 2 is 2.00 bits per heavy atom. The van der Waals surface area contributed by atoms with Crippen LogP contribution in [-0.4, -0.2) is 16.9 Å². The molecule has 0 aliphatic heterocycles. The summed E-state index contributed by atoms with van der Waals surface area (Å²) in [5.74, 6) is -0.846. The highest BCUT2D eigenvalue weighted by Gasteiger charge is 2.38. The van der Waals surface area contributed by atoms with E-state index in [-0.39, 0.29) is 24.0 Å². The molecule has 1 fully saturated rings. The molecule has 1 aliphatic carbocycles. The first kappa shape index (κ1) is 17.9. The molecular weight excluding hydrogens is 356 g/mol. The number of carboxylic acid groups (broad SMARTS) is 1. The van der Waals surface area contributed by atoms with Gasteiger partial charge in [-0.2, -0.15) is 0 Å². The van der Waals surface area contributed by atoms with Crippen LogP contribution in [0.3, 0.4) is 0 Å². The largest absolute Gasteiger partial charge is 0.481 e. The Morgan fingerprint density at radius 3 is 2.61 bits per heavy atom. The van der Waals surface area contributed by atoms with Crippen molar-refractivity contribution in [3.8, 4) is 0 Å². The number of carbonyl (C=O) groups excluding carboxylic acids is 1. The van der Waals surface area contributed by atoms with E-state index in [0.717, 1.165) is 41.3 Å². The molecule has 4 heteroatoms. The van der Waals surface area contributed by atoms with Crippen LogP contribution < -0.4 is 0 Å². The van der Waals surface area contributed by atoms with Crippen molar-refractivity contribution in [2.45, 2.75) is 45.4 Å². The quantitative estimate of drug-likeness (QED) is 0.530. The zero-order chi connectivity index (χ0) is 16.8. The number of ketones is 1. The normalized spacial score (nSPS) is 22.7. The average molecular weight is 379 g/mol. The van der Waals surface area contributed by atoms with Gasteiger partial charge in [0, 0.05) is 16.8 Å². The number of benzene rings is 1. The Hall–Kier alpha value is -1.42. The molecule has 2 rings (SSSR count). The maximum absolute atomic E-state index is 12.7. The minimum absolute atomic E-state index is 0.0569. The van der Waals surface area contributed by atoms with E-state index < -0.39 is 5.97 Å². The summed E-state index contributed by atoms with van der Waals surface area (Å²) in [7, 11) is 0. The van der Waals surface area contributed by atoms with Crippen LogP contribution in [0.2, 0.25) is 0 Å². The molecule has 23 heavy (non-hydrogen) atoms. The number of carbonyl (C=O) groups is 2. The lowest BCUT2D eigenvalue weighted by Crippen LogP contribution is -2.18. The number of Topliss-reactive ketones (excluding diaryl/α,β-unsaturated/α-hetero) is 1. The Labute approximate surface area is 145 Å². The maximum atomic E-state index is 12.7. The molecule has 0 unspecified atom stereocenters. The molecule has 1 N–H and O–H groups in total. The van der Waals surface area contributed by atoms with E-state index in [2.05, 4.69) is 22.9 Å². The van der Waals surface area contributed by atoms with E-state index in [1.807, 2.05) is 30.3 Å². The Bertz CT molecular complexity index is 589. The highest BCUT2D eigenvalue weighted by atomic mass is 79.9. The lowest BCUT2D eigenvalue weighted by molar-refractivity contribution is -0.138. The van der Waals surface area contributed by atoms with E-state index in [1.165, 1.54) is 0 Å². The third-order valence-corrected chi connectivity index (χ3v) is 5.00. The van der Waals surface area contributed by atoms with Crippen LogP contribution in [0, 0.1) is 11.8 Å². The predicted molar refractivity (Wildman–Crippen MR) is 95.1 cm³/mol. The molecule has 124 valence electrons. The van der Waals surface area contributed by atoms with Crippen molar-refractivity contribution in [3.05, 3.63) is 39.9 Å². The van der Waals surface area contributed by atoms with Crippen molar-refractivity contribution in [2.24, 2.45) is 11.8 Å². The minimum atomic E-state index is -0.812. The highest BCUT2D eigenvalue weighted by molar-refractivity contribution is 9.10. The van der Waals surface area contributed by atoms with Gasteiger partial charge in [-0.25, -0.2) is 0 Å². The SMILES string of the molecule is CCCCC[C@H]1C(=O)/C(=C/c2ccc(Br)cc2)C[C@H]1CC(=O)O. The lowest BCUT2D eigenvalue weighted by Gasteiger charge is -2.15. The molecular formula is C19H23BrO3. The Balaban J connectivity index is 2.16. The maximum Gasteiger partial charge on any atom is 0.303 e. The fraction of sp³-hybridized carbons (Fsp3) is 0.474. The number of carboxylic acids is 1. The number of aliphatic carboxylic acids is 1. The zero-order valence-corrected chi connectivity index (χ0v) is 15.0. The summed E-state index contributed by atoms with van der Waals surface area (Å²) >= 11 is 3.40. The molecule has 0 amide bonds. The first-order valence-electron chi connectivity index (χ1n) is 8.23.